The third-order valence-corrected chi connectivity index (χ3v) is 3.75. The Hall–Kier alpha value is -2.42. The SMILES string of the molecule is CC1(C)Cc2cc(C(=O)c3ccccc3)ccc2OC1=O. The third-order valence-electron chi connectivity index (χ3n) is 3.75. The van der Waals surface area contributed by atoms with E-state index < -0.39 is 5.41 Å². The number of hydrogen-bond donors (Lipinski definition) is 0. The molecule has 1 aliphatic heterocycles. The van der Waals surface area contributed by atoms with Crippen molar-refractivity contribution < 1.29 is 14.3 Å². The average molecular weight is 280 g/mol. The second-order valence-corrected chi connectivity index (χ2v) is 5.97. The zero-order chi connectivity index (χ0) is 15.0. The molecule has 106 valence electrons. The van der Waals surface area contributed by atoms with Crippen LogP contribution in [0.15, 0.2) is 48.5 Å². The number of carbonyl (C=O) groups excluding carboxylic acids is 2. The molecule has 3 rings (SSSR count). The highest BCUT2D eigenvalue weighted by Crippen LogP contribution is 2.35. The van der Waals surface area contributed by atoms with Crippen LogP contribution in [0.25, 0.3) is 0 Å². The van der Waals surface area contributed by atoms with E-state index in [1.54, 1.807) is 24.3 Å². The van der Waals surface area contributed by atoms with Crippen molar-refractivity contribution in [1.29, 1.82) is 0 Å². The van der Waals surface area contributed by atoms with Crippen LogP contribution in [-0.4, -0.2) is 11.8 Å². The van der Waals surface area contributed by atoms with Gasteiger partial charge in [0.15, 0.2) is 5.78 Å². The molecule has 0 bridgehead atoms. The largest absolute Gasteiger partial charge is 0.426 e. The number of ketones is 1. The van der Waals surface area contributed by atoms with E-state index in [0.717, 1.165) is 5.56 Å². The molecule has 0 aromatic heterocycles. The fraction of sp³-hybridized carbons (Fsp3) is 0.222. The Morgan fingerprint density at radius 2 is 1.76 bits per heavy atom. The lowest BCUT2D eigenvalue weighted by Gasteiger charge is -2.29. The van der Waals surface area contributed by atoms with Crippen molar-refractivity contribution in [1.82, 2.24) is 0 Å². The van der Waals surface area contributed by atoms with Gasteiger partial charge in [0.1, 0.15) is 5.75 Å². The molecule has 3 heteroatoms. The molecular formula is C18H16O3. The number of esters is 1. The fourth-order valence-electron chi connectivity index (χ4n) is 2.50. The van der Waals surface area contributed by atoms with E-state index in [4.69, 9.17) is 4.74 Å². The third kappa shape index (κ3) is 2.47. The predicted octanol–water partition coefficient (Wildman–Crippen LogP) is 3.41. The van der Waals surface area contributed by atoms with Gasteiger partial charge in [-0.15, -0.1) is 0 Å². The number of ether oxygens (including phenoxy) is 1. The molecule has 1 heterocycles. The molecule has 0 unspecified atom stereocenters. The second kappa shape index (κ2) is 4.85. The number of fused-ring (bicyclic) bond motifs is 1. The topological polar surface area (TPSA) is 43.4 Å². The standard InChI is InChI=1S/C18H16O3/c1-18(2)11-14-10-13(8-9-15(14)21-17(18)20)16(19)12-6-4-3-5-7-12/h3-10H,11H2,1-2H3. The molecule has 0 amide bonds. The molecule has 0 saturated heterocycles. The zero-order valence-corrected chi connectivity index (χ0v) is 12.1. The summed E-state index contributed by atoms with van der Waals surface area (Å²) in [7, 11) is 0. The molecule has 0 spiro atoms. The summed E-state index contributed by atoms with van der Waals surface area (Å²) >= 11 is 0. The lowest BCUT2D eigenvalue weighted by Crippen LogP contribution is -2.35. The Bertz CT molecular complexity index is 714. The highest BCUT2D eigenvalue weighted by atomic mass is 16.5. The summed E-state index contributed by atoms with van der Waals surface area (Å²) in [6.07, 6.45) is 0.580. The van der Waals surface area contributed by atoms with Crippen LogP contribution in [0.4, 0.5) is 0 Å². The summed E-state index contributed by atoms with van der Waals surface area (Å²) in [6.45, 7) is 3.70. The fourth-order valence-corrected chi connectivity index (χ4v) is 2.50. The minimum atomic E-state index is -0.554. The lowest BCUT2D eigenvalue weighted by molar-refractivity contribution is -0.145. The first-order chi connectivity index (χ1) is 9.97. The summed E-state index contributed by atoms with van der Waals surface area (Å²) in [4.78, 5) is 24.3. The van der Waals surface area contributed by atoms with Gasteiger partial charge in [0.2, 0.25) is 0 Å². The van der Waals surface area contributed by atoms with E-state index in [9.17, 15) is 9.59 Å². The van der Waals surface area contributed by atoms with Gasteiger partial charge in [-0.05, 0) is 44.0 Å². The monoisotopic (exact) mass is 280 g/mol. The highest BCUT2D eigenvalue weighted by Gasteiger charge is 2.36. The van der Waals surface area contributed by atoms with Crippen LogP contribution >= 0.6 is 0 Å². The first kappa shape index (κ1) is 13.6. The number of rotatable bonds is 2. The Balaban J connectivity index is 1.97. The minimum Gasteiger partial charge on any atom is -0.426 e. The summed E-state index contributed by atoms with van der Waals surface area (Å²) in [5.41, 5.74) is 1.63. The molecular weight excluding hydrogens is 264 g/mol. The first-order valence-electron chi connectivity index (χ1n) is 6.92. The van der Waals surface area contributed by atoms with Crippen LogP contribution in [0, 0.1) is 5.41 Å². The Kier molecular flexibility index (Phi) is 3.13. The van der Waals surface area contributed by atoms with Crippen LogP contribution in [0.3, 0.4) is 0 Å². The van der Waals surface area contributed by atoms with Gasteiger partial charge in [-0.25, -0.2) is 0 Å². The molecule has 3 nitrogen and oxygen atoms in total. The first-order valence-corrected chi connectivity index (χ1v) is 6.92. The Morgan fingerprint density at radius 3 is 2.48 bits per heavy atom. The summed E-state index contributed by atoms with van der Waals surface area (Å²) in [5.74, 6) is 0.314. The number of carbonyl (C=O) groups is 2. The lowest BCUT2D eigenvalue weighted by atomic mass is 9.83. The van der Waals surface area contributed by atoms with Gasteiger partial charge < -0.3 is 4.74 Å². The normalized spacial score (nSPS) is 16.0. The molecule has 0 fully saturated rings. The van der Waals surface area contributed by atoms with E-state index in [-0.39, 0.29) is 11.8 Å². The summed E-state index contributed by atoms with van der Waals surface area (Å²) in [6, 6.07) is 14.4. The number of benzene rings is 2. The van der Waals surface area contributed by atoms with Crippen molar-refractivity contribution in [3.63, 3.8) is 0 Å². The molecule has 2 aromatic rings. The van der Waals surface area contributed by atoms with Crippen molar-refractivity contribution in [2.24, 2.45) is 5.41 Å². The van der Waals surface area contributed by atoms with Crippen LogP contribution in [0.5, 0.6) is 5.75 Å². The molecule has 0 atom stereocenters. The Morgan fingerprint density at radius 1 is 1.05 bits per heavy atom. The summed E-state index contributed by atoms with van der Waals surface area (Å²) in [5, 5.41) is 0. The van der Waals surface area contributed by atoms with E-state index in [0.29, 0.717) is 23.3 Å². The highest BCUT2D eigenvalue weighted by molar-refractivity contribution is 6.09. The molecule has 0 N–H and O–H groups in total. The van der Waals surface area contributed by atoms with E-state index in [2.05, 4.69) is 0 Å². The van der Waals surface area contributed by atoms with Gasteiger partial charge in [0.25, 0.3) is 0 Å². The van der Waals surface area contributed by atoms with Crippen LogP contribution in [-0.2, 0) is 11.2 Å². The molecule has 2 aromatic carbocycles. The van der Waals surface area contributed by atoms with Crippen molar-refractivity contribution >= 4 is 11.8 Å². The van der Waals surface area contributed by atoms with Crippen molar-refractivity contribution in [3.8, 4) is 5.75 Å². The van der Waals surface area contributed by atoms with Crippen LogP contribution in [0.1, 0.15) is 35.3 Å². The van der Waals surface area contributed by atoms with Crippen molar-refractivity contribution in [2.45, 2.75) is 20.3 Å². The van der Waals surface area contributed by atoms with Crippen molar-refractivity contribution in [3.05, 3.63) is 65.2 Å². The smallest absolute Gasteiger partial charge is 0.317 e. The van der Waals surface area contributed by atoms with Crippen LogP contribution in [0.2, 0.25) is 0 Å². The Labute approximate surface area is 123 Å². The molecule has 0 radical (unpaired) electrons. The van der Waals surface area contributed by atoms with Gasteiger partial charge in [-0.2, -0.15) is 0 Å². The number of hydrogen-bond acceptors (Lipinski definition) is 3. The van der Waals surface area contributed by atoms with Gasteiger partial charge in [-0.1, -0.05) is 30.3 Å². The maximum atomic E-state index is 12.5. The van der Waals surface area contributed by atoms with Gasteiger partial charge in [0, 0.05) is 11.1 Å². The maximum absolute atomic E-state index is 12.5. The van der Waals surface area contributed by atoms with E-state index >= 15 is 0 Å². The average Bonchev–Trinajstić information content (AvgIpc) is 2.48. The van der Waals surface area contributed by atoms with E-state index in [1.165, 1.54) is 0 Å². The molecule has 21 heavy (non-hydrogen) atoms. The molecule has 0 saturated carbocycles. The van der Waals surface area contributed by atoms with Gasteiger partial charge in [-0.3, -0.25) is 9.59 Å². The van der Waals surface area contributed by atoms with Crippen molar-refractivity contribution in [2.75, 3.05) is 0 Å². The quantitative estimate of drug-likeness (QED) is 0.481. The maximum Gasteiger partial charge on any atom is 0.317 e. The predicted molar refractivity (Wildman–Crippen MR) is 79.4 cm³/mol. The van der Waals surface area contributed by atoms with E-state index in [1.807, 2.05) is 38.1 Å². The molecule has 1 aliphatic rings. The van der Waals surface area contributed by atoms with Crippen LogP contribution < -0.4 is 4.74 Å². The minimum absolute atomic E-state index is 0.0203. The van der Waals surface area contributed by atoms with Gasteiger partial charge in [0.05, 0.1) is 5.41 Å². The zero-order valence-electron chi connectivity index (χ0n) is 12.1. The summed E-state index contributed by atoms with van der Waals surface area (Å²) < 4.78 is 5.34. The second-order valence-electron chi connectivity index (χ2n) is 5.97. The van der Waals surface area contributed by atoms with Gasteiger partial charge >= 0.3 is 5.97 Å². The molecule has 0 aliphatic carbocycles.